The zero-order valence-corrected chi connectivity index (χ0v) is 11.5. The van der Waals surface area contributed by atoms with Gasteiger partial charge in [-0.1, -0.05) is 30.4 Å². The maximum absolute atomic E-state index is 13.7. The van der Waals surface area contributed by atoms with Gasteiger partial charge in [-0.05, 0) is 30.3 Å². The van der Waals surface area contributed by atoms with Gasteiger partial charge in [0, 0.05) is 5.56 Å². The minimum absolute atomic E-state index is 0.154. The summed E-state index contributed by atoms with van der Waals surface area (Å²) in [5.74, 6) is 0.414. The smallest absolute Gasteiger partial charge is 0.165 e. The molecule has 0 saturated heterocycles. The topological polar surface area (TPSA) is 44.5 Å². The Morgan fingerprint density at radius 1 is 1.05 bits per heavy atom. The molecule has 3 nitrogen and oxygen atoms in total. The Morgan fingerprint density at radius 2 is 1.75 bits per heavy atom. The lowest BCUT2D eigenvalue weighted by molar-refractivity contribution is 0.211. The second-order valence-electron chi connectivity index (χ2n) is 4.02. The molecule has 0 unspecified atom stereocenters. The van der Waals surface area contributed by atoms with Crippen LogP contribution >= 0.6 is 12.2 Å². The monoisotopic (exact) mass is 291 g/mol. The van der Waals surface area contributed by atoms with E-state index in [0.29, 0.717) is 12.2 Å². The van der Waals surface area contributed by atoms with Crippen LogP contribution in [0.2, 0.25) is 0 Å². The summed E-state index contributed by atoms with van der Waals surface area (Å²) >= 11 is 4.78. The summed E-state index contributed by atoms with van der Waals surface area (Å²) in [4.78, 5) is 0.155. The van der Waals surface area contributed by atoms with Crippen molar-refractivity contribution in [2.45, 2.75) is 0 Å². The third kappa shape index (κ3) is 3.93. The molecule has 0 radical (unpaired) electrons. The van der Waals surface area contributed by atoms with E-state index in [1.54, 1.807) is 6.07 Å². The van der Waals surface area contributed by atoms with Crippen LogP contribution in [0.4, 0.5) is 4.39 Å². The lowest BCUT2D eigenvalue weighted by atomic mass is 10.2. The maximum atomic E-state index is 13.7. The minimum Gasteiger partial charge on any atom is -0.490 e. The van der Waals surface area contributed by atoms with E-state index < -0.39 is 5.82 Å². The van der Waals surface area contributed by atoms with Crippen LogP contribution in [0.25, 0.3) is 0 Å². The summed E-state index contributed by atoms with van der Waals surface area (Å²) in [7, 11) is 0. The van der Waals surface area contributed by atoms with Gasteiger partial charge >= 0.3 is 0 Å². The highest BCUT2D eigenvalue weighted by molar-refractivity contribution is 7.80. The Labute approximate surface area is 122 Å². The lowest BCUT2D eigenvalue weighted by Gasteiger charge is -2.09. The van der Waals surface area contributed by atoms with Gasteiger partial charge in [-0.25, -0.2) is 4.39 Å². The number of benzene rings is 2. The van der Waals surface area contributed by atoms with E-state index in [2.05, 4.69) is 0 Å². The van der Waals surface area contributed by atoms with Gasteiger partial charge in [0.15, 0.2) is 11.6 Å². The molecule has 0 saturated carbocycles. The first-order valence-electron chi connectivity index (χ1n) is 6.07. The second kappa shape index (κ2) is 6.86. The van der Waals surface area contributed by atoms with Crippen LogP contribution in [0.15, 0.2) is 48.5 Å². The highest BCUT2D eigenvalue weighted by atomic mass is 32.1. The highest BCUT2D eigenvalue weighted by Gasteiger charge is 2.06. The Morgan fingerprint density at radius 3 is 2.40 bits per heavy atom. The van der Waals surface area contributed by atoms with Crippen molar-refractivity contribution < 1.29 is 13.9 Å². The van der Waals surface area contributed by atoms with E-state index >= 15 is 0 Å². The molecule has 0 aliphatic rings. The van der Waals surface area contributed by atoms with Crippen LogP contribution in [0, 0.1) is 5.82 Å². The number of ether oxygens (including phenoxy) is 2. The van der Waals surface area contributed by atoms with Crippen molar-refractivity contribution in [3.8, 4) is 11.5 Å². The predicted molar refractivity (Wildman–Crippen MR) is 79.7 cm³/mol. The summed E-state index contributed by atoms with van der Waals surface area (Å²) < 4.78 is 24.4. The number of nitrogens with two attached hydrogens (primary N) is 1. The number of thiocarbonyl (C=S) groups is 1. The molecule has 0 aromatic heterocycles. The Balaban J connectivity index is 1.84. The molecule has 2 rings (SSSR count). The van der Waals surface area contributed by atoms with Crippen molar-refractivity contribution in [1.82, 2.24) is 0 Å². The molecular weight excluding hydrogens is 277 g/mol. The second-order valence-corrected chi connectivity index (χ2v) is 4.46. The summed E-state index contributed by atoms with van der Waals surface area (Å²) in [5.41, 5.74) is 5.90. The molecule has 2 N–H and O–H groups in total. The van der Waals surface area contributed by atoms with Crippen LogP contribution in [-0.4, -0.2) is 18.2 Å². The average molecular weight is 291 g/mol. The average Bonchev–Trinajstić information content (AvgIpc) is 2.46. The van der Waals surface area contributed by atoms with E-state index in [4.69, 9.17) is 27.4 Å². The summed E-state index contributed by atoms with van der Waals surface area (Å²) in [6.07, 6.45) is 0. The van der Waals surface area contributed by atoms with Gasteiger partial charge in [0.25, 0.3) is 0 Å². The van der Waals surface area contributed by atoms with Crippen molar-refractivity contribution in [2.24, 2.45) is 5.73 Å². The van der Waals surface area contributed by atoms with Crippen LogP contribution in [0.1, 0.15) is 5.56 Å². The normalized spacial score (nSPS) is 10.1. The summed E-state index contributed by atoms with van der Waals surface area (Å²) in [6.45, 7) is 0.582. The molecule has 0 aliphatic carbocycles. The predicted octanol–water partition coefficient (Wildman–Crippen LogP) is 2.92. The molecule has 2 aromatic carbocycles. The molecule has 0 amide bonds. The van der Waals surface area contributed by atoms with Gasteiger partial charge in [-0.3, -0.25) is 0 Å². The molecule has 0 bridgehead atoms. The van der Waals surface area contributed by atoms with Gasteiger partial charge < -0.3 is 15.2 Å². The van der Waals surface area contributed by atoms with Crippen molar-refractivity contribution in [3.63, 3.8) is 0 Å². The minimum atomic E-state index is -0.491. The molecule has 0 heterocycles. The van der Waals surface area contributed by atoms with Crippen molar-refractivity contribution in [3.05, 3.63) is 59.9 Å². The standard InChI is InChI=1S/C15H14FNO2S/c16-13-10-11(15(17)20)6-7-14(13)19-9-8-18-12-4-2-1-3-5-12/h1-7,10H,8-9H2,(H2,17,20). The molecule has 0 aliphatic heterocycles. The molecule has 20 heavy (non-hydrogen) atoms. The van der Waals surface area contributed by atoms with E-state index in [0.717, 1.165) is 5.75 Å². The van der Waals surface area contributed by atoms with Gasteiger partial charge in [-0.15, -0.1) is 0 Å². The van der Waals surface area contributed by atoms with Crippen LogP contribution in [0.3, 0.4) is 0 Å². The van der Waals surface area contributed by atoms with Crippen molar-refractivity contribution in [1.29, 1.82) is 0 Å². The van der Waals surface area contributed by atoms with E-state index in [1.165, 1.54) is 12.1 Å². The highest BCUT2D eigenvalue weighted by Crippen LogP contribution is 2.18. The first-order valence-corrected chi connectivity index (χ1v) is 6.47. The van der Waals surface area contributed by atoms with Crippen LogP contribution < -0.4 is 15.2 Å². The van der Waals surface area contributed by atoms with Crippen LogP contribution in [-0.2, 0) is 0 Å². The quantitative estimate of drug-likeness (QED) is 0.656. The first-order chi connectivity index (χ1) is 9.66. The number of halogens is 1. The third-order valence-corrected chi connectivity index (χ3v) is 2.80. The van der Waals surface area contributed by atoms with Crippen LogP contribution in [0.5, 0.6) is 11.5 Å². The zero-order valence-electron chi connectivity index (χ0n) is 10.7. The Kier molecular flexibility index (Phi) is 4.90. The SMILES string of the molecule is NC(=S)c1ccc(OCCOc2ccccc2)c(F)c1. The lowest BCUT2D eigenvalue weighted by Crippen LogP contribution is -2.12. The molecule has 2 aromatic rings. The molecule has 0 atom stereocenters. The van der Waals surface area contributed by atoms with Gasteiger partial charge in [0.1, 0.15) is 24.0 Å². The van der Waals surface area contributed by atoms with Gasteiger partial charge in [0.2, 0.25) is 0 Å². The fraction of sp³-hybridized carbons (Fsp3) is 0.133. The maximum Gasteiger partial charge on any atom is 0.165 e. The van der Waals surface area contributed by atoms with Crippen molar-refractivity contribution in [2.75, 3.05) is 13.2 Å². The largest absolute Gasteiger partial charge is 0.490 e. The molecule has 5 heteroatoms. The number of rotatable bonds is 6. The van der Waals surface area contributed by atoms with E-state index in [-0.39, 0.29) is 17.3 Å². The third-order valence-electron chi connectivity index (χ3n) is 2.57. The fourth-order valence-corrected chi connectivity index (χ4v) is 1.73. The van der Waals surface area contributed by atoms with E-state index in [9.17, 15) is 4.39 Å². The number of hydrogen-bond acceptors (Lipinski definition) is 3. The summed E-state index contributed by atoms with van der Waals surface area (Å²) in [5, 5.41) is 0. The Hall–Kier alpha value is -2.14. The Bertz CT molecular complexity index is 590. The summed E-state index contributed by atoms with van der Waals surface area (Å²) in [6, 6.07) is 13.7. The number of hydrogen-bond donors (Lipinski definition) is 1. The first kappa shape index (κ1) is 14.3. The molecule has 104 valence electrons. The van der Waals surface area contributed by atoms with Crippen molar-refractivity contribution >= 4 is 17.2 Å². The molecular formula is C15H14FNO2S. The fourth-order valence-electron chi connectivity index (χ4n) is 1.60. The molecule has 0 fully saturated rings. The number of para-hydroxylation sites is 1. The molecule has 0 spiro atoms. The van der Waals surface area contributed by atoms with E-state index in [1.807, 2.05) is 30.3 Å². The zero-order chi connectivity index (χ0) is 14.4. The van der Waals surface area contributed by atoms with Gasteiger partial charge in [0.05, 0.1) is 0 Å². The van der Waals surface area contributed by atoms with Gasteiger partial charge in [-0.2, -0.15) is 0 Å².